The highest BCUT2D eigenvalue weighted by Crippen LogP contribution is 2.29. The zero-order valence-corrected chi connectivity index (χ0v) is 17.1. The van der Waals surface area contributed by atoms with Crippen molar-refractivity contribution in [3.63, 3.8) is 0 Å². The van der Waals surface area contributed by atoms with Gasteiger partial charge in [0.1, 0.15) is 5.82 Å². The van der Waals surface area contributed by atoms with Gasteiger partial charge in [-0.2, -0.15) is 17.7 Å². The lowest BCUT2D eigenvalue weighted by atomic mass is 9.95. The van der Waals surface area contributed by atoms with Crippen molar-refractivity contribution in [3.8, 4) is 0 Å². The number of anilines is 2. The molecule has 1 aliphatic rings. The number of nitrogens with one attached hydrogen (secondary N) is 1. The number of aryl methyl sites for hydroxylation is 1. The summed E-state index contributed by atoms with van der Waals surface area (Å²) in [5.41, 5.74) is 2.04. The molecule has 1 aromatic carbocycles. The van der Waals surface area contributed by atoms with E-state index in [9.17, 15) is 18.0 Å². The zero-order valence-electron chi connectivity index (χ0n) is 17.1. The van der Waals surface area contributed by atoms with Crippen LogP contribution < -0.4 is 10.2 Å². The Bertz CT molecular complexity index is 1060. The SMILES string of the molecule is CCCc1ccc(NC(=O)C2CCN(c3ccc4nnc(C(F)(F)F)n4n3)CC2)cc1. The van der Waals surface area contributed by atoms with Gasteiger partial charge in [0.2, 0.25) is 5.91 Å². The average Bonchev–Trinajstić information content (AvgIpc) is 3.19. The van der Waals surface area contributed by atoms with Gasteiger partial charge in [0.05, 0.1) is 0 Å². The van der Waals surface area contributed by atoms with E-state index < -0.39 is 12.0 Å². The minimum Gasteiger partial charge on any atom is -0.355 e. The Morgan fingerprint density at radius 1 is 1.10 bits per heavy atom. The molecular weight excluding hydrogens is 409 g/mol. The highest BCUT2D eigenvalue weighted by Gasteiger charge is 2.38. The van der Waals surface area contributed by atoms with Gasteiger partial charge in [0.15, 0.2) is 5.65 Å². The van der Waals surface area contributed by atoms with Crippen LogP contribution in [0.2, 0.25) is 0 Å². The van der Waals surface area contributed by atoms with Gasteiger partial charge in [-0.25, -0.2) is 0 Å². The van der Waals surface area contributed by atoms with Crippen molar-refractivity contribution in [1.82, 2.24) is 19.8 Å². The lowest BCUT2D eigenvalue weighted by molar-refractivity contribution is -0.146. The van der Waals surface area contributed by atoms with E-state index >= 15 is 0 Å². The number of hydrogen-bond acceptors (Lipinski definition) is 5. The van der Waals surface area contributed by atoms with Gasteiger partial charge in [-0.1, -0.05) is 25.5 Å². The van der Waals surface area contributed by atoms with Crippen molar-refractivity contribution in [1.29, 1.82) is 0 Å². The average molecular weight is 432 g/mol. The number of halogens is 3. The topological polar surface area (TPSA) is 75.4 Å². The first-order valence-electron chi connectivity index (χ1n) is 10.3. The van der Waals surface area contributed by atoms with E-state index in [-0.39, 0.29) is 17.5 Å². The molecule has 4 rings (SSSR count). The number of carbonyl (C=O) groups is 1. The lowest BCUT2D eigenvalue weighted by Crippen LogP contribution is -2.38. The van der Waals surface area contributed by atoms with E-state index in [1.54, 1.807) is 6.07 Å². The Balaban J connectivity index is 1.38. The van der Waals surface area contributed by atoms with E-state index in [1.165, 1.54) is 11.6 Å². The molecular formula is C21H23F3N6O. The van der Waals surface area contributed by atoms with Gasteiger partial charge >= 0.3 is 6.18 Å². The Morgan fingerprint density at radius 3 is 2.45 bits per heavy atom. The maximum Gasteiger partial charge on any atom is 0.453 e. The molecule has 1 aliphatic heterocycles. The molecule has 7 nitrogen and oxygen atoms in total. The Morgan fingerprint density at radius 2 is 1.81 bits per heavy atom. The summed E-state index contributed by atoms with van der Waals surface area (Å²) in [7, 11) is 0. The third-order valence-electron chi connectivity index (χ3n) is 5.45. The highest BCUT2D eigenvalue weighted by atomic mass is 19.4. The molecule has 2 aromatic heterocycles. The Kier molecular flexibility index (Phi) is 5.79. The number of rotatable bonds is 5. The monoisotopic (exact) mass is 432 g/mol. The number of fused-ring (bicyclic) bond motifs is 1. The number of nitrogens with zero attached hydrogens (tertiary/aromatic N) is 5. The van der Waals surface area contributed by atoms with Crippen LogP contribution >= 0.6 is 0 Å². The first-order valence-corrected chi connectivity index (χ1v) is 10.3. The predicted octanol–water partition coefficient (Wildman–Crippen LogP) is 3.95. The van der Waals surface area contributed by atoms with Crippen LogP contribution in [0.25, 0.3) is 5.65 Å². The summed E-state index contributed by atoms with van der Waals surface area (Å²) in [6.07, 6.45) is -1.38. The van der Waals surface area contributed by atoms with Crippen LogP contribution in [0, 0.1) is 5.92 Å². The van der Waals surface area contributed by atoms with Gasteiger partial charge < -0.3 is 10.2 Å². The normalized spacial score (nSPS) is 15.4. The van der Waals surface area contributed by atoms with Gasteiger partial charge in [-0.05, 0) is 49.1 Å². The van der Waals surface area contributed by atoms with Crippen molar-refractivity contribution in [2.45, 2.75) is 38.8 Å². The summed E-state index contributed by atoms with van der Waals surface area (Å²) in [5.74, 6) is -0.938. The largest absolute Gasteiger partial charge is 0.453 e. The molecule has 0 radical (unpaired) electrons. The second-order valence-electron chi connectivity index (χ2n) is 7.68. The molecule has 0 saturated carbocycles. The molecule has 0 spiro atoms. The number of piperidine rings is 1. The van der Waals surface area contributed by atoms with Crippen molar-refractivity contribution in [3.05, 3.63) is 47.8 Å². The van der Waals surface area contributed by atoms with Crippen LogP contribution in [-0.4, -0.2) is 38.8 Å². The number of hydrogen-bond donors (Lipinski definition) is 1. The van der Waals surface area contributed by atoms with Crippen molar-refractivity contribution < 1.29 is 18.0 Å². The molecule has 164 valence electrons. The molecule has 1 amide bonds. The van der Waals surface area contributed by atoms with Crippen LogP contribution in [0.5, 0.6) is 0 Å². The van der Waals surface area contributed by atoms with Gasteiger partial charge in [-0.15, -0.1) is 15.3 Å². The van der Waals surface area contributed by atoms with Crippen LogP contribution in [0.3, 0.4) is 0 Å². The van der Waals surface area contributed by atoms with E-state index in [2.05, 4.69) is 27.5 Å². The summed E-state index contributed by atoms with van der Waals surface area (Å²) < 4.78 is 40.0. The predicted molar refractivity (Wildman–Crippen MR) is 110 cm³/mol. The smallest absolute Gasteiger partial charge is 0.355 e. The summed E-state index contributed by atoms with van der Waals surface area (Å²) in [6, 6.07) is 10.9. The Hall–Kier alpha value is -3.17. The summed E-state index contributed by atoms with van der Waals surface area (Å²) in [5, 5.41) is 13.8. The van der Waals surface area contributed by atoms with Gasteiger partial charge in [0, 0.05) is 24.7 Å². The van der Waals surface area contributed by atoms with E-state index in [0.717, 1.165) is 23.0 Å². The van der Waals surface area contributed by atoms with Crippen LogP contribution in [0.15, 0.2) is 36.4 Å². The fourth-order valence-corrected chi connectivity index (χ4v) is 3.78. The van der Waals surface area contributed by atoms with E-state index in [4.69, 9.17) is 0 Å². The number of carbonyl (C=O) groups excluding carboxylic acids is 1. The number of benzene rings is 1. The second-order valence-corrected chi connectivity index (χ2v) is 7.68. The van der Waals surface area contributed by atoms with E-state index in [0.29, 0.717) is 31.7 Å². The van der Waals surface area contributed by atoms with Crippen molar-refractivity contribution in [2.75, 3.05) is 23.3 Å². The first-order chi connectivity index (χ1) is 14.8. The summed E-state index contributed by atoms with van der Waals surface area (Å²) in [6.45, 7) is 3.17. The molecule has 1 fully saturated rings. The number of amides is 1. The molecule has 0 aliphatic carbocycles. The number of alkyl halides is 3. The standard InChI is InChI=1S/C21H23F3N6O/c1-2-3-14-4-6-16(7-5-14)25-19(31)15-10-12-29(13-11-15)18-9-8-17-26-27-20(21(22,23)24)30(17)28-18/h4-9,15H,2-3,10-13H2,1H3,(H,25,31). The molecule has 3 heterocycles. The quantitative estimate of drug-likeness (QED) is 0.661. The second kappa shape index (κ2) is 8.52. The van der Waals surface area contributed by atoms with Crippen LogP contribution in [-0.2, 0) is 17.4 Å². The molecule has 31 heavy (non-hydrogen) atoms. The van der Waals surface area contributed by atoms with Gasteiger partial charge in [-0.3, -0.25) is 4.79 Å². The third kappa shape index (κ3) is 4.62. The lowest BCUT2D eigenvalue weighted by Gasteiger charge is -2.32. The first kappa shape index (κ1) is 21.1. The molecule has 0 atom stereocenters. The maximum absolute atomic E-state index is 13.1. The minimum absolute atomic E-state index is 0.0373. The molecule has 0 unspecified atom stereocenters. The summed E-state index contributed by atoms with van der Waals surface area (Å²) in [4.78, 5) is 14.5. The fourth-order valence-electron chi connectivity index (χ4n) is 3.78. The summed E-state index contributed by atoms with van der Waals surface area (Å²) >= 11 is 0. The van der Waals surface area contributed by atoms with Crippen molar-refractivity contribution in [2.24, 2.45) is 5.92 Å². The van der Waals surface area contributed by atoms with E-state index in [1.807, 2.05) is 29.2 Å². The molecule has 1 saturated heterocycles. The van der Waals surface area contributed by atoms with Gasteiger partial charge in [0.25, 0.3) is 5.82 Å². The molecule has 0 bridgehead atoms. The van der Waals surface area contributed by atoms with Crippen LogP contribution in [0.4, 0.5) is 24.7 Å². The van der Waals surface area contributed by atoms with Crippen molar-refractivity contribution >= 4 is 23.1 Å². The highest BCUT2D eigenvalue weighted by molar-refractivity contribution is 5.92. The molecule has 10 heteroatoms. The Labute approximate surface area is 177 Å². The zero-order chi connectivity index (χ0) is 22.0. The molecule has 1 N–H and O–H groups in total. The molecule has 3 aromatic rings. The minimum atomic E-state index is -4.63. The third-order valence-corrected chi connectivity index (χ3v) is 5.45. The van der Waals surface area contributed by atoms with Crippen LogP contribution in [0.1, 0.15) is 37.6 Å². The number of aromatic nitrogens is 4. The maximum atomic E-state index is 13.1. The fraction of sp³-hybridized carbons (Fsp3) is 0.429.